The molecule has 0 amide bonds. The molecule has 0 spiro atoms. The molecular weight excluding hydrogens is 212 g/mol. The first-order valence-corrected chi connectivity index (χ1v) is 7.13. The van der Waals surface area contributed by atoms with Crippen molar-refractivity contribution in [1.29, 1.82) is 0 Å². The van der Waals surface area contributed by atoms with Crippen molar-refractivity contribution in [3.8, 4) is 0 Å². The summed E-state index contributed by atoms with van der Waals surface area (Å²) in [5, 5.41) is 0. The number of hydrogen-bond donors (Lipinski definition) is 0. The van der Waals surface area contributed by atoms with Crippen LogP contribution in [0.5, 0.6) is 0 Å². The number of allylic oxidation sites excluding steroid dienone is 1. The number of ether oxygens (including phenoxy) is 1. The predicted molar refractivity (Wildman–Crippen MR) is 68.7 cm³/mol. The van der Waals surface area contributed by atoms with Crippen molar-refractivity contribution in [3.05, 3.63) is 12.2 Å². The number of carbonyl (C=O) groups is 1. The molecule has 0 aliphatic heterocycles. The Balaban J connectivity index is 1.74. The van der Waals surface area contributed by atoms with Crippen LogP contribution in [0.4, 0.5) is 0 Å². The Hall–Kier alpha value is -0.790. The van der Waals surface area contributed by atoms with Gasteiger partial charge in [-0.2, -0.15) is 0 Å². The molecule has 0 bridgehead atoms. The molecule has 0 N–H and O–H groups in total. The summed E-state index contributed by atoms with van der Waals surface area (Å²) in [4.78, 5) is 11.9. The van der Waals surface area contributed by atoms with E-state index in [1.54, 1.807) is 0 Å². The van der Waals surface area contributed by atoms with Crippen molar-refractivity contribution in [2.24, 2.45) is 5.92 Å². The third-order valence-electron chi connectivity index (χ3n) is 4.14. The minimum Gasteiger partial charge on any atom is -0.462 e. The lowest BCUT2D eigenvalue weighted by Gasteiger charge is -2.26. The summed E-state index contributed by atoms with van der Waals surface area (Å²) < 4.78 is 5.56. The van der Waals surface area contributed by atoms with E-state index in [9.17, 15) is 4.79 Å². The fourth-order valence-corrected chi connectivity index (χ4v) is 3.02. The zero-order valence-electron chi connectivity index (χ0n) is 10.7. The topological polar surface area (TPSA) is 26.3 Å². The van der Waals surface area contributed by atoms with Crippen LogP contribution < -0.4 is 0 Å². The van der Waals surface area contributed by atoms with Crippen molar-refractivity contribution in [2.45, 2.75) is 70.3 Å². The zero-order chi connectivity index (χ0) is 12.1. The Bertz CT molecular complexity index is 277. The Labute approximate surface area is 104 Å². The van der Waals surface area contributed by atoms with Crippen LogP contribution in [0.2, 0.25) is 0 Å². The van der Waals surface area contributed by atoms with E-state index in [-0.39, 0.29) is 12.1 Å². The molecule has 0 aromatic carbocycles. The van der Waals surface area contributed by atoms with Crippen LogP contribution in [0.3, 0.4) is 0 Å². The van der Waals surface area contributed by atoms with Gasteiger partial charge in [0.1, 0.15) is 6.10 Å². The Kier molecular flexibility index (Phi) is 4.64. The maximum absolute atomic E-state index is 11.9. The van der Waals surface area contributed by atoms with Crippen molar-refractivity contribution in [3.63, 3.8) is 0 Å². The molecule has 2 saturated carbocycles. The van der Waals surface area contributed by atoms with Crippen LogP contribution in [-0.2, 0) is 9.53 Å². The molecule has 2 aliphatic rings. The minimum atomic E-state index is 0.00458. The fraction of sp³-hybridized carbons (Fsp3) is 0.800. The van der Waals surface area contributed by atoms with Gasteiger partial charge in [0.05, 0.1) is 6.42 Å². The van der Waals surface area contributed by atoms with Crippen molar-refractivity contribution < 1.29 is 9.53 Å². The van der Waals surface area contributed by atoms with Gasteiger partial charge in [0.25, 0.3) is 0 Å². The van der Waals surface area contributed by atoms with Crippen LogP contribution in [0.1, 0.15) is 64.2 Å². The highest BCUT2D eigenvalue weighted by atomic mass is 16.5. The quantitative estimate of drug-likeness (QED) is 0.547. The Morgan fingerprint density at radius 1 is 1.12 bits per heavy atom. The lowest BCUT2D eigenvalue weighted by Crippen LogP contribution is -2.23. The molecule has 1 atom stereocenters. The van der Waals surface area contributed by atoms with Gasteiger partial charge in [0, 0.05) is 0 Å². The largest absolute Gasteiger partial charge is 0.462 e. The van der Waals surface area contributed by atoms with E-state index in [0.717, 1.165) is 25.7 Å². The van der Waals surface area contributed by atoms with E-state index in [1.807, 2.05) is 0 Å². The second kappa shape index (κ2) is 6.23. The van der Waals surface area contributed by atoms with Crippen LogP contribution in [0.25, 0.3) is 0 Å². The molecule has 0 unspecified atom stereocenters. The average Bonchev–Trinajstić information content (AvgIpc) is 2.33. The Morgan fingerprint density at radius 3 is 2.53 bits per heavy atom. The van der Waals surface area contributed by atoms with Crippen LogP contribution in [0.15, 0.2) is 12.2 Å². The van der Waals surface area contributed by atoms with Crippen molar-refractivity contribution >= 4 is 5.97 Å². The van der Waals surface area contributed by atoms with E-state index < -0.39 is 0 Å². The standard InChI is InChI=1S/C15H24O2/c1-12-7-5-6-8-13(12)11-15(16)17-14-9-3-2-4-10-14/h13-14H,1-11H2/t13-/m1/s1. The molecule has 2 aliphatic carbocycles. The Morgan fingerprint density at radius 2 is 1.82 bits per heavy atom. The first kappa shape index (κ1) is 12.7. The smallest absolute Gasteiger partial charge is 0.306 e. The average molecular weight is 236 g/mol. The highest BCUT2D eigenvalue weighted by molar-refractivity contribution is 5.70. The monoisotopic (exact) mass is 236 g/mol. The summed E-state index contributed by atoms with van der Waals surface area (Å²) in [6.07, 6.45) is 11.3. The fourth-order valence-electron chi connectivity index (χ4n) is 3.02. The predicted octanol–water partition coefficient (Wildman–Crippen LogP) is 4.00. The van der Waals surface area contributed by atoms with Crippen LogP contribution in [-0.4, -0.2) is 12.1 Å². The summed E-state index contributed by atoms with van der Waals surface area (Å²) in [6, 6.07) is 0. The molecule has 2 nitrogen and oxygen atoms in total. The molecule has 0 aromatic heterocycles. The van der Waals surface area contributed by atoms with Gasteiger partial charge in [-0.1, -0.05) is 25.0 Å². The highest BCUT2D eigenvalue weighted by Crippen LogP contribution is 2.31. The van der Waals surface area contributed by atoms with E-state index in [2.05, 4.69) is 6.58 Å². The molecule has 2 rings (SSSR count). The SMILES string of the molecule is C=C1CCCC[C@@H]1CC(=O)OC1CCCCC1. The van der Waals surface area contributed by atoms with E-state index in [0.29, 0.717) is 12.3 Å². The summed E-state index contributed by atoms with van der Waals surface area (Å²) in [6.45, 7) is 4.09. The first-order valence-electron chi connectivity index (χ1n) is 7.13. The number of hydrogen-bond acceptors (Lipinski definition) is 2. The summed E-state index contributed by atoms with van der Waals surface area (Å²) >= 11 is 0. The van der Waals surface area contributed by atoms with Gasteiger partial charge in [0.2, 0.25) is 0 Å². The second-order valence-corrected chi connectivity index (χ2v) is 5.55. The first-order chi connectivity index (χ1) is 8.25. The van der Waals surface area contributed by atoms with Crippen molar-refractivity contribution in [1.82, 2.24) is 0 Å². The molecule has 17 heavy (non-hydrogen) atoms. The van der Waals surface area contributed by atoms with Crippen molar-refractivity contribution in [2.75, 3.05) is 0 Å². The molecule has 0 aromatic rings. The van der Waals surface area contributed by atoms with Gasteiger partial charge in [-0.15, -0.1) is 0 Å². The molecule has 2 fully saturated rings. The second-order valence-electron chi connectivity index (χ2n) is 5.55. The number of carbonyl (C=O) groups excluding carboxylic acids is 1. The molecule has 96 valence electrons. The third kappa shape index (κ3) is 3.86. The number of esters is 1. The molecule has 0 radical (unpaired) electrons. The van der Waals surface area contributed by atoms with Gasteiger partial charge < -0.3 is 4.74 Å². The van der Waals surface area contributed by atoms with Gasteiger partial charge in [-0.05, 0) is 50.9 Å². The highest BCUT2D eigenvalue weighted by Gasteiger charge is 2.23. The molecule has 0 saturated heterocycles. The van der Waals surface area contributed by atoms with Gasteiger partial charge in [-0.3, -0.25) is 4.79 Å². The summed E-state index contributed by atoms with van der Waals surface area (Å²) in [5.74, 6) is 0.393. The molecular formula is C15H24O2. The lowest BCUT2D eigenvalue weighted by molar-refractivity contribution is -0.151. The number of rotatable bonds is 3. The maximum Gasteiger partial charge on any atom is 0.306 e. The lowest BCUT2D eigenvalue weighted by atomic mass is 9.83. The van der Waals surface area contributed by atoms with E-state index in [4.69, 9.17) is 4.74 Å². The summed E-state index contributed by atoms with van der Waals surface area (Å²) in [7, 11) is 0. The van der Waals surface area contributed by atoms with Gasteiger partial charge in [0.15, 0.2) is 0 Å². The van der Waals surface area contributed by atoms with Gasteiger partial charge in [-0.25, -0.2) is 0 Å². The van der Waals surface area contributed by atoms with Crippen LogP contribution >= 0.6 is 0 Å². The summed E-state index contributed by atoms with van der Waals surface area (Å²) in [5.41, 5.74) is 1.26. The third-order valence-corrected chi connectivity index (χ3v) is 4.14. The normalized spacial score (nSPS) is 26.8. The van der Waals surface area contributed by atoms with Gasteiger partial charge >= 0.3 is 5.97 Å². The molecule has 0 heterocycles. The zero-order valence-corrected chi connectivity index (χ0v) is 10.7. The minimum absolute atomic E-state index is 0.00458. The molecule has 2 heteroatoms. The van der Waals surface area contributed by atoms with Crippen LogP contribution in [0, 0.1) is 5.92 Å². The van der Waals surface area contributed by atoms with E-state index >= 15 is 0 Å². The maximum atomic E-state index is 11.9. The van der Waals surface area contributed by atoms with E-state index in [1.165, 1.54) is 37.7 Å².